The smallest absolute Gasteiger partial charge is 0.282 e. The molecule has 3 rings (SSSR count). The van der Waals surface area contributed by atoms with E-state index < -0.39 is 0 Å². The fourth-order valence-corrected chi connectivity index (χ4v) is 3.28. The number of nitrogens with zero attached hydrogens (tertiary/aromatic N) is 6. The molecule has 0 unspecified atom stereocenters. The van der Waals surface area contributed by atoms with Crippen LogP contribution in [0.15, 0.2) is 28.1 Å². The van der Waals surface area contributed by atoms with E-state index in [0.717, 1.165) is 38.2 Å². The zero-order chi connectivity index (χ0) is 14.8. The van der Waals surface area contributed by atoms with Crippen molar-refractivity contribution >= 4 is 21.6 Å². The molecule has 0 spiro atoms. The highest BCUT2D eigenvalue weighted by atomic mass is 79.9. The summed E-state index contributed by atoms with van der Waals surface area (Å²) in [5.74, 6) is 0.598. The normalized spacial score (nSPS) is 16.4. The summed E-state index contributed by atoms with van der Waals surface area (Å²) in [6.45, 7) is 2.75. The molecule has 8 heteroatoms. The second kappa shape index (κ2) is 5.97. The highest BCUT2D eigenvalue weighted by molar-refractivity contribution is 9.10. The summed E-state index contributed by atoms with van der Waals surface area (Å²) in [5, 5.41) is 8.26. The van der Waals surface area contributed by atoms with Gasteiger partial charge in [-0.15, -0.1) is 0 Å². The molecule has 112 valence electrons. The van der Waals surface area contributed by atoms with Crippen LogP contribution in [-0.4, -0.2) is 37.6 Å². The molecule has 7 nitrogen and oxygen atoms in total. The maximum atomic E-state index is 11.9. The van der Waals surface area contributed by atoms with Gasteiger partial charge in [0.1, 0.15) is 17.1 Å². The van der Waals surface area contributed by atoms with Crippen molar-refractivity contribution in [1.29, 1.82) is 0 Å². The Morgan fingerprint density at radius 2 is 2.10 bits per heavy atom. The summed E-state index contributed by atoms with van der Waals surface area (Å²) in [6, 6.07) is 0. The first-order valence-electron chi connectivity index (χ1n) is 6.94. The van der Waals surface area contributed by atoms with Gasteiger partial charge in [0, 0.05) is 26.7 Å². The molecule has 1 fully saturated rings. The van der Waals surface area contributed by atoms with Crippen LogP contribution in [0.5, 0.6) is 0 Å². The number of piperidine rings is 1. The van der Waals surface area contributed by atoms with Crippen LogP contribution in [0, 0.1) is 5.92 Å². The van der Waals surface area contributed by atoms with Crippen LogP contribution < -0.4 is 10.5 Å². The second-order valence-electron chi connectivity index (χ2n) is 5.32. The van der Waals surface area contributed by atoms with E-state index in [9.17, 15) is 4.79 Å². The Morgan fingerprint density at radius 3 is 2.76 bits per heavy atom. The Morgan fingerprint density at radius 1 is 1.33 bits per heavy atom. The molecule has 0 aromatic carbocycles. The number of hydrogen-bond donors (Lipinski definition) is 0. The van der Waals surface area contributed by atoms with Crippen molar-refractivity contribution in [1.82, 2.24) is 24.5 Å². The molecule has 3 heterocycles. The molecular weight excluding hydrogens is 336 g/mol. The fraction of sp³-hybridized carbons (Fsp3) is 0.538. The third-order valence-corrected chi connectivity index (χ3v) is 4.67. The third kappa shape index (κ3) is 2.99. The quantitative estimate of drug-likeness (QED) is 0.825. The Balaban J connectivity index is 1.66. The van der Waals surface area contributed by atoms with Crippen molar-refractivity contribution in [3.63, 3.8) is 0 Å². The van der Waals surface area contributed by atoms with Gasteiger partial charge in [0.2, 0.25) is 0 Å². The van der Waals surface area contributed by atoms with Gasteiger partial charge in [-0.2, -0.15) is 10.2 Å². The molecule has 0 radical (unpaired) electrons. The summed E-state index contributed by atoms with van der Waals surface area (Å²) in [4.78, 5) is 18.1. The Bertz CT molecular complexity index is 660. The van der Waals surface area contributed by atoms with Crippen LogP contribution in [-0.2, 0) is 13.6 Å². The second-order valence-corrected chi connectivity index (χ2v) is 6.11. The van der Waals surface area contributed by atoms with Crippen molar-refractivity contribution in [3.05, 3.63) is 33.7 Å². The zero-order valence-corrected chi connectivity index (χ0v) is 13.4. The first-order chi connectivity index (χ1) is 10.1. The van der Waals surface area contributed by atoms with E-state index >= 15 is 0 Å². The van der Waals surface area contributed by atoms with Gasteiger partial charge in [-0.1, -0.05) is 0 Å². The Hall–Kier alpha value is -1.70. The first-order valence-corrected chi connectivity index (χ1v) is 7.73. The minimum absolute atomic E-state index is 0.0998. The van der Waals surface area contributed by atoms with E-state index in [1.165, 1.54) is 4.68 Å². The molecule has 21 heavy (non-hydrogen) atoms. The summed E-state index contributed by atoms with van der Waals surface area (Å²) in [5.41, 5.74) is 0.787. The molecule has 2 aromatic heterocycles. The van der Waals surface area contributed by atoms with E-state index in [4.69, 9.17) is 0 Å². The average Bonchev–Trinajstić information content (AvgIpc) is 2.99. The van der Waals surface area contributed by atoms with Crippen LogP contribution >= 0.6 is 15.9 Å². The summed E-state index contributed by atoms with van der Waals surface area (Å²) >= 11 is 3.39. The third-order valence-electron chi connectivity index (χ3n) is 3.93. The molecular formula is C13H17BrN6O. The van der Waals surface area contributed by atoms with Crippen LogP contribution in [0.3, 0.4) is 0 Å². The first kappa shape index (κ1) is 14.2. The lowest BCUT2D eigenvalue weighted by atomic mass is 9.96. The number of halogens is 1. The maximum absolute atomic E-state index is 11.9. The van der Waals surface area contributed by atoms with Gasteiger partial charge in [-0.3, -0.25) is 9.48 Å². The highest BCUT2D eigenvalue weighted by Gasteiger charge is 2.22. The molecule has 0 amide bonds. The van der Waals surface area contributed by atoms with E-state index in [1.807, 2.05) is 4.68 Å². The number of aryl methyl sites for hydroxylation is 1. The van der Waals surface area contributed by atoms with Gasteiger partial charge in [0.15, 0.2) is 0 Å². The van der Waals surface area contributed by atoms with Gasteiger partial charge in [0.05, 0.1) is 11.9 Å². The van der Waals surface area contributed by atoms with Crippen LogP contribution in [0.1, 0.15) is 12.8 Å². The Labute approximate surface area is 130 Å². The highest BCUT2D eigenvalue weighted by Crippen LogP contribution is 2.27. The van der Waals surface area contributed by atoms with Crippen molar-refractivity contribution in [2.75, 3.05) is 18.0 Å². The van der Waals surface area contributed by atoms with Crippen molar-refractivity contribution in [3.8, 4) is 0 Å². The molecule has 1 aliphatic heterocycles. The SMILES string of the molecule is Cn1ncc(N2CCC(Cn3cncn3)CC2)c(Br)c1=O. The van der Waals surface area contributed by atoms with Gasteiger partial charge in [0.25, 0.3) is 5.56 Å². The molecule has 0 saturated carbocycles. The van der Waals surface area contributed by atoms with E-state index in [-0.39, 0.29) is 5.56 Å². The standard InChI is InChI=1S/C13H17BrN6O/c1-18-13(21)12(14)11(6-16-18)19-4-2-10(3-5-19)7-20-9-15-8-17-20/h6,8-10H,2-5,7H2,1H3. The topological polar surface area (TPSA) is 68.8 Å². The number of hydrogen-bond acceptors (Lipinski definition) is 5. The van der Waals surface area contributed by atoms with Crippen LogP contribution in [0.4, 0.5) is 5.69 Å². The van der Waals surface area contributed by atoms with Crippen LogP contribution in [0.2, 0.25) is 0 Å². The van der Waals surface area contributed by atoms with E-state index in [0.29, 0.717) is 10.4 Å². The molecule has 1 saturated heterocycles. The number of aromatic nitrogens is 5. The maximum Gasteiger partial charge on any atom is 0.282 e. The van der Waals surface area contributed by atoms with Gasteiger partial charge >= 0.3 is 0 Å². The van der Waals surface area contributed by atoms with Crippen LogP contribution in [0.25, 0.3) is 0 Å². The number of anilines is 1. The van der Waals surface area contributed by atoms with Crippen molar-refractivity contribution < 1.29 is 0 Å². The molecule has 2 aromatic rings. The van der Waals surface area contributed by atoms with Crippen molar-refractivity contribution in [2.24, 2.45) is 13.0 Å². The predicted molar refractivity (Wildman–Crippen MR) is 82.1 cm³/mol. The monoisotopic (exact) mass is 352 g/mol. The lowest BCUT2D eigenvalue weighted by molar-refractivity contribution is 0.341. The minimum Gasteiger partial charge on any atom is -0.369 e. The predicted octanol–water partition coefficient (Wildman–Crippen LogP) is 1.05. The Kier molecular flexibility index (Phi) is 4.05. The van der Waals surface area contributed by atoms with Gasteiger partial charge in [-0.05, 0) is 34.7 Å². The molecule has 0 bridgehead atoms. The van der Waals surface area contributed by atoms with E-state index in [1.54, 1.807) is 25.9 Å². The largest absolute Gasteiger partial charge is 0.369 e. The molecule has 0 N–H and O–H groups in total. The average molecular weight is 353 g/mol. The lowest BCUT2D eigenvalue weighted by Crippen LogP contribution is -2.36. The number of rotatable bonds is 3. The minimum atomic E-state index is -0.0998. The lowest BCUT2D eigenvalue weighted by Gasteiger charge is -2.33. The summed E-state index contributed by atoms with van der Waals surface area (Å²) < 4.78 is 3.82. The van der Waals surface area contributed by atoms with Gasteiger partial charge < -0.3 is 4.90 Å². The molecule has 0 atom stereocenters. The van der Waals surface area contributed by atoms with Crippen molar-refractivity contribution in [2.45, 2.75) is 19.4 Å². The molecule has 0 aliphatic carbocycles. The van der Waals surface area contributed by atoms with E-state index in [2.05, 4.69) is 36.0 Å². The fourth-order valence-electron chi connectivity index (χ4n) is 2.67. The summed E-state index contributed by atoms with van der Waals surface area (Å²) in [6.07, 6.45) is 7.22. The van der Waals surface area contributed by atoms with Gasteiger partial charge in [-0.25, -0.2) is 9.67 Å². The molecule has 1 aliphatic rings. The summed E-state index contributed by atoms with van der Waals surface area (Å²) in [7, 11) is 1.65. The zero-order valence-electron chi connectivity index (χ0n) is 11.8.